The molecule has 1 rings (SSSR count). The Labute approximate surface area is 68.9 Å². The van der Waals surface area contributed by atoms with E-state index in [1.165, 1.54) is 6.07 Å². The molecule has 0 saturated carbocycles. The number of nitrogens with two attached hydrogens (primary N) is 1. The maximum atomic E-state index is 12.8. The second kappa shape index (κ2) is 4.01. The van der Waals surface area contributed by atoms with Crippen LogP contribution in [0.1, 0.15) is 0 Å². The van der Waals surface area contributed by atoms with Crippen LogP contribution in [0.5, 0.6) is 5.75 Å². The highest BCUT2D eigenvalue weighted by atomic mass is 19.1. The zero-order chi connectivity index (χ0) is 8.97. The van der Waals surface area contributed by atoms with E-state index in [9.17, 15) is 8.78 Å². The molecule has 0 amide bonds. The Kier molecular flexibility index (Phi) is 2.99. The van der Waals surface area contributed by atoms with Crippen LogP contribution in [-0.4, -0.2) is 13.2 Å². The zero-order valence-corrected chi connectivity index (χ0v) is 6.39. The number of halogens is 2. The third-order valence-electron chi connectivity index (χ3n) is 1.27. The van der Waals surface area contributed by atoms with Crippen LogP contribution in [-0.2, 0) is 0 Å². The van der Waals surface area contributed by atoms with Gasteiger partial charge in [0, 0.05) is 12.6 Å². The first-order valence-corrected chi connectivity index (χ1v) is 3.52. The fourth-order valence-electron chi connectivity index (χ4n) is 0.761. The summed E-state index contributed by atoms with van der Waals surface area (Å²) in [5.74, 6) is -1.29. The highest BCUT2D eigenvalue weighted by Gasteiger charge is 2.03. The second-order valence-corrected chi connectivity index (χ2v) is 2.21. The van der Waals surface area contributed by atoms with Crippen molar-refractivity contribution >= 4 is 0 Å². The van der Waals surface area contributed by atoms with Crippen molar-refractivity contribution in [1.82, 2.24) is 0 Å². The predicted octanol–water partition coefficient (Wildman–Crippen LogP) is 1.30. The molecule has 0 saturated heterocycles. The van der Waals surface area contributed by atoms with E-state index >= 15 is 0 Å². The fourth-order valence-corrected chi connectivity index (χ4v) is 0.761. The molecule has 0 atom stereocenters. The topological polar surface area (TPSA) is 35.2 Å². The van der Waals surface area contributed by atoms with Crippen LogP contribution in [0.15, 0.2) is 18.2 Å². The Morgan fingerprint density at radius 2 is 2.08 bits per heavy atom. The fraction of sp³-hybridized carbons (Fsp3) is 0.250. The van der Waals surface area contributed by atoms with Crippen molar-refractivity contribution in [3.05, 3.63) is 29.8 Å². The molecule has 1 aromatic carbocycles. The van der Waals surface area contributed by atoms with Gasteiger partial charge >= 0.3 is 0 Å². The van der Waals surface area contributed by atoms with Gasteiger partial charge in [0.05, 0.1) is 0 Å². The first-order valence-electron chi connectivity index (χ1n) is 3.52. The van der Waals surface area contributed by atoms with Gasteiger partial charge in [-0.05, 0) is 12.1 Å². The SMILES string of the molecule is NCCOc1ccc(F)cc1F. The molecule has 0 fully saturated rings. The van der Waals surface area contributed by atoms with Crippen molar-refractivity contribution in [2.45, 2.75) is 0 Å². The van der Waals surface area contributed by atoms with Crippen LogP contribution in [0.25, 0.3) is 0 Å². The summed E-state index contributed by atoms with van der Waals surface area (Å²) >= 11 is 0. The van der Waals surface area contributed by atoms with Gasteiger partial charge < -0.3 is 10.5 Å². The minimum Gasteiger partial charge on any atom is -0.489 e. The first kappa shape index (κ1) is 8.93. The predicted molar refractivity (Wildman–Crippen MR) is 40.9 cm³/mol. The van der Waals surface area contributed by atoms with Gasteiger partial charge in [0.1, 0.15) is 12.4 Å². The summed E-state index contributed by atoms with van der Waals surface area (Å²) in [5, 5.41) is 0. The van der Waals surface area contributed by atoms with Crippen molar-refractivity contribution in [1.29, 1.82) is 0 Å². The van der Waals surface area contributed by atoms with Crippen molar-refractivity contribution in [3.63, 3.8) is 0 Å². The smallest absolute Gasteiger partial charge is 0.167 e. The van der Waals surface area contributed by atoms with Crippen molar-refractivity contribution in [3.8, 4) is 5.75 Å². The van der Waals surface area contributed by atoms with E-state index in [1.54, 1.807) is 0 Å². The molecular formula is C8H9F2NO. The quantitative estimate of drug-likeness (QED) is 0.747. The summed E-state index contributed by atoms with van der Waals surface area (Å²) in [5.41, 5.74) is 5.13. The Hall–Kier alpha value is -1.16. The van der Waals surface area contributed by atoms with Crippen molar-refractivity contribution < 1.29 is 13.5 Å². The molecule has 12 heavy (non-hydrogen) atoms. The molecule has 0 aliphatic carbocycles. The molecule has 66 valence electrons. The van der Waals surface area contributed by atoms with Gasteiger partial charge in [-0.3, -0.25) is 0 Å². The molecule has 1 aromatic rings. The summed E-state index contributed by atoms with van der Waals surface area (Å²) in [7, 11) is 0. The van der Waals surface area contributed by atoms with Gasteiger partial charge in [-0.25, -0.2) is 8.78 Å². The molecule has 0 radical (unpaired) electrons. The van der Waals surface area contributed by atoms with Crippen LogP contribution < -0.4 is 10.5 Å². The number of rotatable bonds is 3. The van der Waals surface area contributed by atoms with Gasteiger partial charge in [0.25, 0.3) is 0 Å². The number of ether oxygens (including phenoxy) is 1. The van der Waals surface area contributed by atoms with Crippen LogP contribution in [0.4, 0.5) is 8.78 Å². The van der Waals surface area contributed by atoms with Crippen LogP contribution >= 0.6 is 0 Å². The number of benzene rings is 1. The summed E-state index contributed by atoms with van der Waals surface area (Å²) in [4.78, 5) is 0. The van der Waals surface area contributed by atoms with Crippen molar-refractivity contribution in [2.24, 2.45) is 5.73 Å². The average molecular weight is 173 g/mol. The van der Waals surface area contributed by atoms with Crippen LogP contribution in [0.2, 0.25) is 0 Å². The van der Waals surface area contributed by atoms with E-state index in [0.29, 0.717) is 6.54 Å². The zero-order valence-electron chi connectivity index (χ0n) is 6.39. The molecule has 0 spiro atoms. The third-order valence-corrected chi connectivity index (χ3v) is 1.27. The molecule has 0 aliphatic rings. The maximum absolute atomic E-state index is 12.8. The molecule has 4 heteroatoms. The van der Waals surface area contributed by atoms with Gasteiger partial charge in [-0.1, -0.05) is 0 Å². The van der Waals surface area contributed by atoms with E-state index in [2.05, 4.69) is 0 Å². The largest absolute Gasteiger partial charge is 0.489 e. The Morgan fingerprint density at radius 3 is 2.67 bits per heavy atom. The molecule has 0 heterocycles. The van der Waals surface area contributed by atoms with Gasteiger partial charge in [0.2, 0.25) is 0 Å². The first-order chi connectivity index (χ1) is 5.74. The lowest BCUT2D eigenvalue weighted by atomic mass is 10.3. The Balaban J connectivity index is 2.72. The molecule has 2 nitrogen and oxygen atoms in total. The van der Waals surface area contributed by atoms with Gasteiger partial charge in [-0.15, -0.1) is 0 Å². The minimum atomic E-state index is -0.705. The van der Waals surface area contributed by atoms with E-state index < -0.39 is 11.6 Å². The normalized spacial score (nSPS) is 9.92. The van der Waals surface area contributed by atoms with E-state index in [1.807, 2.05) is 0 Å². The third kappa shape index (κ3) is 2.17. The molecule has 0 aliphatic heterocycles. The van der Waals surface area contributed by atoms with Gasteiger partial charge in [-0.2, -0.15) is 0 Å². The summed E-state index contributed by atoms with van der Waals surface area (Å²) in [6.45, 7) is 0.527. The molecule has 0 aromatic heterocycles. The standard InChI is InChI=1S/C8H9F2NO/c9-6-1-2-8(7(10)5-6)12-4-3-11/h1-2,5H,3-4,11H2. The van der Waals surface area contributed by atoms with Crippen LogP contribution in [0, 0.1) is 11.6 Å². The van der Waals surface area contributed by atoms with E-state index in [4.69, 9.17) is 10.5 Å². The lowest BCUT2D eigenvalue weighted by molar-refractivity contribution is 0.310. The highest BCUT2D eigenvalue weighted by molar-refractivity contribution is 5.24. The molecule has 2 N–H and O–H groups in total. The van der Waals surface area contributed by atoms with Gasteiger partial charge in [0.15, 0.2) is 11.6 Å². The lowest BCUT2D eigenvalue weighted by Gasteiger charge is -2.04. The van der Waals surface area contributed by atoms with E-state index in [0.717, 1.165) is 12.1 Å². The lowest BCUT2D eigenvalue weighted by Crippen LogP contribution is -2.11. The average Bonchev–Trinajstić information content (AvgIpc) is 2.03. The summed E-state index contributed by atoms with van der Waals surface area (Å²) in [6.07, 6.45) is 0. The van der Waals surface area contributed by atoms with Crippen molar-refractivity contribution in [2.75, 3.05) is 13.2 Å². The monoisotopic (exact) mass is 173 g/mol. The Bertz CT molecular complexity index is 265. The summed E-state index contributed by atoms with van der Waals surface area (Å²) in [6, 6.07) is 3.14. The Morgan fingerprint density at radius 1 is 1.33 bits per heavy atom. The minimum absolute atomic E-state index is 0.0295. The molecule has 0 unspecified atom stereocenters. The summed E-state index contributed by atoms with van der Waals surface area (Å²) < 4.78 is 30.0. The number of hydrogen-bond donors (Lipinski definition) is 1. The molecular weight excluding hydrogens is 164 g/mol. The van der Waals surface area contributed by atoms with E-state index in [-0.39, 0.29) is 12.4 Å². The van der Waals surface area contributed by atoms with Crippen LogP contribution in [0.3, 0.4) is 0 Å². The maximum Gasteiger partial charge on any atom is 0.167 e. The molecule has 0 bridgehead atoms. The highest BCUT2D eigenvalue weighted by Crippen LogP contribution is 2.16. The number of hydrogen-bond acceptors (Lipinski definition) is 2. The second-order valence-electron chi connectivity index (χ2n) is 2.21.